The predicted molar refractivity (Wildman–Crippen MR) is 60.7 cm³/mol. The van der Waals surface area contributed by atoms with Gasteiger partial charge in [0.1, 0.15) is 6.07 Å². The standard InChI is InChI=1S/C12H16N2O/c1-2-7-14(8-9-15)12-6-4-3-5-11(12)10-13/h3-6,15H,2,7-9H2,1H3. The molecule has 1 aromatic rings. The van der Waals surface area contributed by atoms with Crippen LogP contribution in [0.3, 0.4) is 0 Å². The molecule has 0 saturated carbocycles. The summed E-state index contributed by atoms with van der Waals surface area (Å²) in [7, 11) is 0. The molecule has 80 valence electrons. The van der Waals surface area contributed by atoms with Gasteiger partial charge in [0.2, 0.25) is 0 Å². The molecule has 0 aliphatic heterocycles. The van der Waals surface area contributed by atoms with Gasteiger partial charge in [0.05, 0.1) is 17.9 Å². The average Bonchev–Trinajstić information content (AvgIpc) is 2.29. The Hall–Kier alpha value is -1.53. The largest absolute Gasteiger partial charge is 0.395 e. The van der Waals surface area contributed by atoms with Gasteiger partial charge in [-0.1, -0.05) is 19.1 Å². The Morgan fingerprint density at radius 2 is 2.07 bits per heavy atom. The van der Waals surface area contributed by atoms with E-state index in [0.29, 0.717) is 12.1 Å². The van der Waals surface area contributed by atoms with E-state index in [4.69, 9.17) is 10.4 Å². The minimum absolute atomic E-state index is 0.111. The van der Waals surface area contributed by atoms with Gasteiger partial charge in [0.25, 0.3) is 0 Å². The molecule has 0 radical (unpaired) electrons. The van der Waals surface area contributed by atoms with E-state index in [2.05, 4.69) is 13.0 Å². The van der Waals surface area contributed by atoms with Gasteiger partial charge in [0.15, 0.2) is 0 Å². The quantitative estimate of drug-likeness (QED) is 0.795. The molecule has 3 nitrogen and oxygen atoms in total. The van der Waals surface area contributed by atoms with Crippen molar-refractivity contribution in [1.29, 1.82) is 5.26 Å². The summed E-state index contributed by atoms with van der Waals surface area (Å²) < 4.78 is 0. The number of para-hydroxylation sites is 1. The monoisotopic (exact) mass is 204 g/mol. The normalized spacial score (nSPS) is 9.67. The van der Waals surface area contributed by atoms with Gasteiger partial charge >= 0.3 is 0 Å². The van der Waals surface area contributed by atoms with E-state index >= 15 is 0 Å². The van der Waals surface area contributed by atoms with E-state index in [1.165, 1.54) is 0 Å². The zero-order valence-electron chi connectivity index (χ0n) is 8.98. The number of hydrogen-bond donors (Lipinski definition) is 1. The lowest BCUT2D eigenvalue weighted by Gasteiger charge is -2.24. The first-order valence-corrected chi connectivity index (χ1v) is 5.18. The van der Waals surface area contributed by atoms with Crippen molar-refractivity contribution in [2.75, 3.05) is 24.6 Å². The third-order valence-corrected chi connectivity index (χ3v) is 2.23. The first-order valence-electron chi connectivity index (χ1n) is 5.18. The fourth-order valence-corrected chi connectivity index (χ4v) is 1.59. The molecule has 0 fully saturated rings. The van der Waals surface area contributed by atoms with Crippen molar-refractivity contribution in [2.24, 2.45) is 0 Å². The van der Waals surface area contributed by atoms with Crippen LogP contribution in [0.15, 0.2) is 24.3 Å². The molecule has 3 heteroatoms. The van der Waals surface area contributed by atoms with E-state index in [-0.39, 0.29) is 6.61 Å². The number of aliphatic hydroxyl groups is 1. The number of anilines is 1. The van der Waals surface area contributed by atoms with Crippen LogP contribution in [-0.4, -0.2) is 24.8 Å². The van der Waals surface area contributed by atoms with Crippen molar-refractivity contribution < 1.29 is 5.11 Å². The summed E-state index contributed by atoms with van der Waals surface area (Å²) in [6.07, 6.45) is 1.000. The van der Waals surface area contributed by atoms with Crippen LogP contribution in [0.5, 0.6) is 0 Å². The lowest BCUT2D eigenvalue weighted by Crippen LogP contribution is -2.28. The zero-order chi connectivity index (χ0) is 11.1. The zero-order valence-corrected chi connectivity index (χ0v) is 8.98. The number of aliphatic hydroxyl groups excluding tert-OH is 1. The molecular formula is C12H16N2O. The molecule has 0 amide bonds. The second-order valence-corrected chi connectivity index (χ2v) is 3.34. The molecule has 1 rings (SSSR count). The van der Waals surface area contributed by atoms with Crippen LogP contribution in [-0.2, 0) is 0 Å². The minimum Gasteiger partial charge on any atom is -0.395 e. The molecule has 1 N–H and O–H groups in total. The van der Waals surface area contributed by atoms with Gasteiger partial charge in [-0.2, -0.15) is 5.26 Å². The van der Waals surface area contributed by atoms with E-state index in [1.54, 1.807) is 6.07 Å². The number of nitriles is 1. The Bertz CT molecular complexity index is 338. The van der Waals surface area contributed by atoms with Crippen molar-refractivity contribution in [3.63, 3.8) is 0 Å². The van der Waals surface area contributed by atoms with Gasteiger partial charge in [-0.15, -0.1) is 0 Å². The topological polar surface area (TPSA) is 47.3 Å². The van der Waals surface area contributed by atoms with Gasteiger partial charge < -0.3 is 10.0 Å². The highest BCUT2D eigenvalue weighted by atomic mass is 16.3. The Labute approximate surface area is 90.6 Å². The maximum absolute atomic E-state index is 8.96. The molecule has 0 heterocycles. The van der Waals surface area contributed by atoms with Crippen LogP contribution in [0.2, 0.25) is 0 Å². The summed E-state index contributed by atoms with van der Waals surface area (Å²) in [6, 6.07) is 9.66. The molecule has 0 unspecified atom stereocenters. The van der Waals surface area contributed by atoms with E-state index < -0.39 is 0 Å². The molecule has 0 saturated heterocycles. The third-order valence-electron chi connectivity index (χ3n) is 2.23. The molecule has 0 bridgehead atoms. The summed E-state index contributed by atoms with van der Waals surface area (Å²) in [6.45, 7) is 3.63. The summed E-state index contributed by atoms with van der Waals surface area (Å²) in [5.41, 5.74) is 1.58. The SMILES string of the molecule is CCCN(CCO)c1ccccc1C#N. The van der Waals surface area contributed by atoms with E-state index in [9.17, 15) is 0 Å². The Balaban J connectivity index is 2.94. The lowest BCUT2D eigenvalue weighted by atomic mass is 10.1. The Morgan fingerprint density at radius 3 is 2.67 bits per heavy atom. The van der Waals surface area contributed by atoms with Crippen LogP contribution >= 0.6 is 0 Å². The molecule has 0 aliphatic rings. The first kappa shape index (κ1) is 11.5. The fourth-order valence-electron chi connectivity index (χ4n) is 1.59. The van der Waals surface area contributed by atoms with Crippen LogP contribution in [0.1, 0.15) is 18.9 Å². The number of rotatable bonds is 5. The third kappa shape index (κ3) is 2.97. The van der Waals surface area contributed by atoms with Gasteiger partial charge in [-0.3, -0.25) is 0 Å². The number of nitrogens with zero attached hydrogens (tertiary/aromatic N) is 2. The van der Waals surface area contributed by atoms with Crippen molar-refractivity contribution in [2.45, 2.75) is 13.3 Å². The predicted octanol–water partition coefficient (Wildman–Crippen LogP) is 1.77. The smallest absolute Gasteiger partial charge is 0.101 e. The highest BCUT2D eigenvalue weighted by Crippen LogP contribution is 2.19. The molecule has 15 heavy (non-hydrogen) atoms. The molecule has 0 atom stereocenters. The summed E-state index contributed by atoms with van der Waals surface area (Å²) in [4.78, 5) is 2.04. The van der Waals surface area contributed by atoms with Crippen molar-refractivity contribution in [3.8, 4) is 6.07 Å². The minimum atomic E-state index is 0.111. The second kappa shape index (κ2) is 6.05. The highest BCUT2D eigenvalue weighted by Gasteiger charge is 2.08. The summed E-state index contributed by atoms with van der Waals surface area (Å²) >= 11 is 0. The number of hydrogen-bond acceptors (Lipinski definition) is 3. The lowest BCUT2D eigenvalue weighted by molar-refractivity contribution is 0.302. The molecule has 1 aromatic carbocycles. The maximum atomic E-state index is 8.96. The second-order valence-electron chi connectivity index (χ2n) is 3.34. The fraction of sp³-hybridized carbons (Fsp3) is 0.417. The molecular weight excluding hydrogens is 188 g/mol. The average molecular weight is 204 g/mol. The van der Waals surface area contributed by atoms with Gasteiger partial charge in [0, 0.05) is 13.1 Å². The van der Waals surface area contributed by atoms with Gasteiger partial charge in [-0.25, -0.2) is 0 Å². The van der Waals surface area contributed by atoms with E-state index in [1.807, 2.05) is 23.1 Å². The Kier molecular flexibility index (Phi) is 4.65. The highest BCUT2D eigenvalue weighted by molar-refractivity contribution is 5.59. The van der Waals surface area contributed by atoms with Crippen molar-refractivity contribution >= 4 is 5.69 Å². The van der Waals surface area contributed by atoms with Crippen LogP contribution < -0.4 is 4.90 Å². The molecule has 0 aliphatic carbocycles. The maximum Gasteiger partial charge on any atom is 0.101 e. The van der Waals surface area contributed by atoms with Crippen LogP contribution in [0, 0.1) is 11.3 Å². The summed E-state index contributed by atoms with van der Waals surface area (Å²) in [5, 5.41) is 17.9. The molecule has 0 aromatic heterocycles. The van der Waals surface area contributed by atoms with E-state index in [0.717, 1.165) is 18.7 Å². The Morgan fingerprint density at radius 1 is 1.33 bits per heavy atom. The van der Waals surface area contributed by atoms with Crippen molar-refractivity contribution in [3.05, 3.63) is 29.8 Å². The van der Waals surface area contributed by atoms with Crippen LogP contribution in [0.4, 0.5) is 5.69 Å². The van der Waals surface area contributed by atoms with Gasteiger partial charge in [-0.05, 0) is 18.6 Å². The molecule has 0 spiro atoms. The van der Waals surface area contributed by atoms with Crippen LogP contribution in [0.25, 0.3) is 0 Å². The first-order chi connectivity index (χ1) is 7.33. The number of benzene rings is 1. The summed E-state index contributed by atoms with van der Waals surface area (Å²) in [5.74, 6) is 0. The van der Waals surface area contributed by atoms with Crippen molar-refractivity contribution in [1.82, 2.24) is 0 Å².